The molecule has 2 N–H and O–H groups in total. The van der Waals surface area contributed by atoms with Crippen molar-refractivity contribution in [3.63, 3.8) is 0 Å². The Bertz CT molecular complexity index is 334. The molecular formula is C10H13NO2. The van der Waals surface area contributed by atoms with E-state index in [1.54, 1.807) is 0 Å². The Kier molecular flexibility index (Phi) is 1.70. The lowest BCUT2D eigenvalue weighted by atomic mass is 9.87. The summed E-state index contributed by atoms with van der Waals surface area (Å²) in [7, 11) is 0. The van der Waals surface area contributed by atoms with Gasteiger partial charge in [0, 0.05) is 17.0 Å². The molecule has 0 aromatic heterocycles. The zero-order chi connectivity index (χ0) is 9.47. The number of hydrogen-bond acceptors (Lipinski definition) is 3. The number of hydrogen-bond donors (Lipinski definition) is 1. The van der Waals surface area contributed by atoms with E-state index in [0.29, 0.717) is 5.75 Å². The zero-order valence-electron chi connectivity index (χ0n) is 7.83. The summed E-state index contributed by atoms with van der Waals surface area (Å²) in [5.74, 6) is 6.57. The molecule has 3 heteroatoms. The second kappa shape index (κ2) is 2.64. The van der Waals surface area contributed by atoms with Gasteiger partial charge in [-0.2, -0.15) is 5.90 Å². The van der Waals surface area contributed by atoms with Crippen LogP contribution < -0.4 is 15.5 Å². The van der Waals surface area contributed by atoms with Gasteiger partial charge in [0.15, 0.2) is 5.75 Å². The molecule has 13 heavy (non-hydrogen) atoms. The van der Waals surface area contributed by atoms with Crippen molar-refractivity contribution in [2.45, 2.75) is 19.3 Å². The average Bonchev–Trinajstić information content (AvgIpc) is 2.42. The summed E-state index contributed by atoms with van der Waals surface area (Å²) < 4.78 is 5.52. The maximum Gasteiger partial charge on any atom is 0.150 e. The van der Waals surface area contributed by atoms with E-state index in [9.17, 15) is 0 Å². The van der Waals surface area contributed by atoms with Crippen LogP contribution in [0, 0.1) is 0 Å². The van der Waals surface area contributed by atoms with E-state index in [1.165, 1.54) is 5.56 Å². The van der Waals surface area contributed by atoms with Gasteiger partial charge in [-0.1, -0.05) is 19.9 Å². The molecule has 0 saturated carbocycles. The van der Waals surface area contributed by atoms with Crippen LogP contribution in [0.5, 0.6) is 11.5 Å². The Morgan fingerprint density at radius 3 is 2.92 bits per heavy atom. The molecule has 0 fully saturated rings. The van der Waals surface area contributed by atoms with Crippen molar-refractivity contribution in [3.8, 4) is 11.5 Å². The minimum Gasteiger partial charge on any atom is -0.492 e. The number of fused-ring (bicyclic) bond motifs is 1. The monoisotopic (exact) mass is 179 g/mol. The van der Waals surface area contributed by atoms with Gasteiger partial charge in [-0.25, -0.2) is 0 Å². The van der Waals surface area contributed by atoms with Crippen LogP contribution in [-0.4, -0.2) is 6.61 Å². The van der Waals surface area contributed by atoms with E-state index in [1.807, 2.05) is 18.2 Å². The lowest BCUT2D eigenvalue weighted by molar-refractivity contribution is 0.288. The molecule has 0 spiro atoms. The topological polar surface area (TPSA) is 44.5 Å². The minimum absolute atomic E-state index is 0.0997. The smallest absolute Gasteiger partial charge is 0.150 e. The Morgan fingerprint density at radius 1 is 1.46 bits per heavy atom. The number of benzene rings is 1. The fourth-order valence-electron chi connectivity index (χ4n) is 1.59. The predicted molar refractivity (Wildman–Crippen MR) is 49.8 cm³/mol. The van der Waals surface area contributed by atoms with E-state index in [-0.39, 0.29) is 5.41 Å². The summed E-state index contributed by atoms with van der Waals surface area (Å²) in [5, 5.41) is 0. The van der Waals surface area contributed by atoms with Crippen LogP contribution >= 0.6 is 0 Å². The van der Waals surface area contributed by atoms with Crippen molar-refractivity contribution in [1.29, 1.82) is 0 Å². The zero-order valence-corrected chi connectivity index (χ0v) is 7.83. The second-order valence-electron chi connectivity index (χ2n) is 3.95. The lowest BCUT2D eigenvalue weighted by Crippen LogP contribution is -2.18. The molecule has 70 valence electrons. The maximum absolute atomic E-state index is 5.52. The molecule has 0 unspecified atom stereocenters. The van der Waals surface area contributed by atoms with Crippen LogP contribution in [0.3, 0.4) is 0 Å². The Hall–Kier alpha value is -1.22. The van der Waals surface area contributed by atoms with Crippen molar-refractivity contribution in [2.24, 2.45) is 5.90 Å². The number of rotatable bonds is 1. The molecule has 1 heterocycles. The van der Waals surface area contributed by atoms with Crippen molar-refractivity contribution in [3.05, 3.63) is 23.8 Å². The summed E-state index contributed by atoms with van der Waals surface area (Å²) in [6.45, 7) is 5.03. The van der Waals surface area contributed by atoms with E-state index >= 15 is 0 Å². The fraction of sp³-hybridized carbons (Fsp3) is 0.400. The third-order valence-corrected chi connectivity index (χ3v) is 2.41. The van der Waals surface area contributed by atoms with Gasteiger partial charge < -0.3 is 9.57 Å². The van der Waals surface area contributed by atoms with Crippen molar-refractivity contribution in [2.75, 3.05) is 6.61 Å². The molecule has 0 saturated heterocycles. The molecule has 0 bridgehead atoms. The standard InChI is InChI=1S/C10H13NO2/c1-10(2)6-12-9-5-7(13-11)3-4-8(9)10/h3-5H,6,11H2,1-2H3. The molecule has 1 aliphatic rings. The van der Waals surface area contributed by atoms with E-state index < -0.39 is 0 Å². The van der Waals surface area contributed by atoms with Crippen LogP contribution in [0.1, 0.15) is 19.4 Å². The summed E-state index contributed by atoms with van der Waals surface area (Å²) in [5.41, 5.74) is 1.32. The molecular weight excluding hydrogens is 166 g/mol. The van der Waals surface area contributed by atoms with Gasteiger partial charge in [-0.15, -0.1) is 0 Å². The van der Waals surface area contributed by atoms with Crippen LogP contribution in [0.4, 0.5) is 0 Å². The molecule has 0 aliphatic carbocycles. The highest BCUT2D eigenvalue weighted by atomic mass is 16.6. The van der Waals surface area contributed by atoms with Crippen LogP contribution in [-0.2, 0) is 5.41 Å². The van der Waals surface area contributed by atoms with Gasteiger partial charge >= 0.3 is 0 Å². The largest absolute Gasteiger partial charge is 0.492 e. The highest BCUT2D eigenvalue weighted by Crippen LogP contribution is 2.39. The van der Waals surface area contributed by atoms with E-state index in [2.05, 4.69) is 18.7 Å². The Labute approximate surface area is 77.4 Å². The third kappa shape index (κ3) is 1.25. The average molecular weight is 179 g/mol. The van der Waals surface area contributed by atoms with Crippen LogP contribution in [0.15, 0.2) is 18.2 Å². The second-order valence-corrected chi connectivity index (χ2v) is 3.95. The summed E-state index contributed by atoms with van der Waals surface area (Å²) in [6.07, 6.45) is 0. The predicted octanol–water partition coefficient (Wildman–Crippen LogP) is 1.61. The van der Waals surface area contributed by atoms with E-state index in [0.717, 1.165) is 12.4 Å². The van der Waals surface area contributed by atoms with Crippen LogP contribution in [0.2, 0.25) is 0 Å². The first kappa shape index (κ1) is 8.38. The SMILES string of the molecule is CC1(C)COc2cc(ON)ccc21. The summed E-state index contributed by atoms with van der Waals surface area (Å²) >= 11 is 0. The normalized spacial score (nSPS) is 17.8. The van der Waals surface area contributed by atoms with Gasteiger partial charge in [-0.05, 0) is 6.07 Å². The first-order valence-corrected chi connectivity index (χ1v) is 4.27. The highest BCUT2D eigenvalue weighted by Gasteiger charge is 2.31. The van der Waals surface area contributed by atoms with E-state index in [4.69, 9.17) is 10.6 Å². The molecule has 3 nitrogen and oxygen atoms in total. The minimum atomic E-state index is 0.0997. The maximum atomic E-state index is 5.52. The Balaban J connectivity index is 2.46. The number of nitrogens with two attached hydrogens (primary N) is 1. The lowest BCUT2D eigenvalue weighted by Gasteiger charge is -2.14. The number of ether oxygens (including phenoxy) is 1. The van der Waals surface area contributed by atoms with Gasteiger partial charge in [0.1, 0.15) is 5.75 Å². The molecule has 1 aromatic carbocycles. The fourth-order valence-corrected chi connectivity index (χ4v) is 1.59. The summed E-state index contributed by atoms with van der Waals surface area (Å²) in [6, 6.07) is 5.68. The molecule has 2 rings (SSSR count). The van der Waals surface area contributed by atoms with Crippen LogP contribution in [0.25, 0.3) is 0 Å². The quantitative estimate of drug-likeness (QED) is 0.666. The first-order chi connectivity index (χ1) is 6.13. The van der Waals surface area contributed by atoms with Crippen molar-refractivity contribution in [1.82, 2.24) is 0 Å². The van der Waals surface area contributed by atoms with Crippen molar-refractivity contribution >= 4 is 0 Å². The molecule has 0 amide bonds. The molecule has 1 aliphatic heterocycles. The molecule has 1 aromatic rings. The Morgan fingerprint density at radius 2 is 2.23 bits per heavy atom. The van der Waals surface area contributed by atoms with Gasteiger partial charge in [0.2, 0.25) is 0 Å². The first-order valence-electron chi connectivity index (χ1n) is 4.27. The molecule has 0 radical (unpaired) electrons. The van der Waals surface area contributed by atoms with Crippen molar-refractivity contribution < 1.29 is 9.57 Å². The summed E-state index contributed by atoms with van der Waals surface area (Å²) in [4.78, 5) is 4.63. The molecule has 0 atom stereocenters. The van der Waals surface area contributed by atoms with Gasteiger partial charge in [-0.3, -0.25) is 0 Å². The third-order valence-electron chi connectivity index (χ3n) is 2.41. The highest BCUT2D eigenvalue weighted by molar-refractivity contribution is 5.47. The van der Waals surface area contributed by atoms with Gasteiger partial charge in [0.25, 0.3) is 0 Å². The van der Waals surface area contributed by atoms with Gasteiger partial charge in [0.05, 0.1) is 6.61 Å².